The van der Waals surface area contributed by atoms with Crippen molar-refractivity contribution in [2.24, 2.45) is 0 Å². The molecule has 1 aromatic rings. The molecule has 0 saturated heterocycles. The molecule has 0 N–H and O–H groups in total. The Hall–Kier alpha value is -1.15. The van der Waals surface area contributed by atoms with E-state index >= 15 is 0 Å². The highest BCUT2D eigenvalue weighted by Gasteiger charge is 2.07. The van der Waals surface area contributed by atoms with Crippen molar-refractivity contribution in [2.75, 3.05) is 0 Å². The molecule has 0 bridgehead atoms. The maximum atomic E-state index is 10.8. The highest BCUT2D eigenvalue weighted by atomic mass is 35.5. The van der Waals surface area contributed by atoms with Crippen molar-refractivity contribution >= 4 is 23.1 Å². The van der Waals surface area contributed by atoms with E-state index in [0.717, 1.165) is 0 Å². The summed E-state index contributed by atoms with van der Waals surface area (Å²) in [6.07, 6.45) is -0.808. The normalized spacial score (nSPS) is 10.7. The first-order valence-electron chi connectivity index (χ1n) is 3.84. The van der Waals surface area contributed by atoms with Crippen molar-refractivity contribution in [3.05, 3.63) is 34.9 Å². The predicted octanol–water partition coefficient (Wildman–Crippen LogP) is 2.19. The Labute approximate surface area is 76.6 Å². The quantitative estimate of drug-likeness (QED) is 0.522. The molecular formula is C9H7ClO2. The number of halogens is 1. The van der Waals surface area contributed by atoms with E-state index in [2.05, 4.69) is 0 Å². The molecule has 0 spiro atoms. The van der Waals surface area contributed by atoms with Crippen molar-refractivity contribution in [3.8, 4) is 0 Å². The minimum Gasteiger partial charge on any atom is -0.298 e. The zero-order valence-electron chi connectivity index (χ0n) is 7.43. The summed E-state index contributed by atoms with van der Waals surface area (Å²) in [5.74, 6) is 0. The van der Waals surface area contributed by atoms with Crippen LogP contribution in [0.5, 0.6) is 0 Å². The molecule has 0 aliphatic rings. The van der Waals surface area contributed by atoms with E-state index in [-0.39, 0.29) is 11.1 Å². The summed E-state index contributed by atoms with van der Waals surface area (Å²) in [4.78, 5) is 21.6. The van der Waals surface area contributed by atoms with Gasteiger partial charge in [0.25, 0.3) is 5.24 Å². The Morgan fingerprint density at radius 2 is 2.33 bits per heavy atom. The maximum absolute atomic E-state index is 10.8. The number of carbonyl (C=O) groups is 2. The minimum atomic E-state index is -0.808. The molecule has 62 valence electrons. The van der Waals surface area contributed by atoms with Crippen LogP contribution in [-0.4, -0.2) is 11.5 Å². The molecule has 0 amide bonds. The standard InChI is InChI=1S/C9H7ClO2/c1-6-7(5-11)3-2-4-8(6)9(10)12/h2-5H,1H3/i5T. The van der Waals surface area contributed by atoms with Crippen LogP contribution in [0.4, 0.5) is 0 Å². The van der Waals surface area contributed by atoms with Crippen molar-refractivity contribution in [1.29, 1.82) is 0 Å². The molecule has 12 heavy (non-hydrogen) atoms. The maximum Gasteiger partial charge on any atom is 0.252 e. The van der Waals surface area contributed by atoms with Crippen molar-refractivity contribution < 1.29 is 11.0 Å². The second-order valence-electron chi connectivity index (χ2n) is 2.35. The molecule has 2 nitrogen and oxygen atoms in total. The van der Waals surface area contributed by atoms with Gasteiger partial charge in [0.1, 0.15) is 7.63 Å². The Bertz CT molecular complexity index is 342. The average molecular weight is 185 g/mol. The molecule has 0 unspecified atom stereocenters. The van der Waals surface area contributed by atoms with Crippen LogP contribution in [0.2, 0.25) is 0 Å². The first kappa shape index (κ1) is 7.50. The van der Waals surface area contributed by atoms with E-state index in [4.69, 9.17) is 13.0 Å². The van der Waals surface area contributed by atoms with Crippen LogP contribution in [0.1, 0.15) is 27.7 Å². The van der Waals surface area contributed by atoms with Crippen LogP contribution < -0.4 is 0 Å². The van der Waals surface area contributed by atoms with Crippen LogP contribution in [0.3, 0.4) is 0 Å². The van der Waals surface area contributed by atoms with Gasteiger partial charge in [0.05, 0.1) is 0 Å². The molecule has 1 aromatic carbocycles. The fourth-order valence-electron chi connectivity index (χ4n) is 0.959. The summed E-state index contributed by atoms with van der Waals surface area (Å²) in [6, 6.07) is 4.55. The van der Waals surface area contributed by atoms with Gasteiger partial charge < -0.3 is 0 Å². The molecule has 0 heterocycles. The summed E-state index contributed by atoms with van der Waals surface area (Å²) in [7, 11) is 0. The number of hydrogen-bond donors (Lipinski definition) is 0. The van der Waals surface area contributed by atoms with Gasteiger partial charge in [-0.3, -0.25) is 9.59 Å². The molecule has 0 saturated carbocycles. The van der Waals surface area contributed by atoms with Gasteiger partial charge >= 0.3 is 0 Å². The monoisotopic (exact) mass is 184 g/mol. The molecular weight excluding hydrogens is 176 g/mol. The van der Waals surface area contributed by atoms with E-state index in [1.165, 1.54) is 18.2 Å². The number of benzene rings is 1. The zero-order chi connectivity index (χ0) is 10.0. The number of rotatable bonds is 2. The van der Waals surface area contributed by atoms with E-state index in [0.29, 0.717) is 5.56 Å². The van der Waals surface area contributed by atoms with Gasteiger partial charge in [-0.25, -0.2) is 0 Å². The Kier molecular flexibility index (Phi) is 2.19. The smallest absolute Gasteiger partial charge is 0.252 e. The third-order valence-corrected chi connectivity index (χ3v) is 1.86. The van der Waals surface area contributed by atoms with E-state index in [1.807, 2.05) is 0 Å². The summed E-state index contributed by atoms with van der Waals surface area (Å²) < 4.78 is 6.90. The van der Waals surface area contributed by atoms with Crippen LogP contribution in [0.25, 0.3) is 0 Å². The molecule has 0 aromatic heterocycles. The van der Waals surface area contributed by atoms with Gasteiger partial charge in [-0.2, -0.15) is 0 Å². The average Bonchev–Trinajstić information content (AvgIpc) is 2.03. The molecule has 3 heteroatoms. The predicted molar refractivity (Wildman–Crippen MR) is 46.8 cm³/mol. The molecule has 0 aliphatic heterocycles. The molecule has 0 radical (unpaired) electrons. The largest absolute Gasteiger partial charge is 0.298 e. The summed E-state index contributed by atoms with van der Waals surface area (Å²) in [6.45, 7) is 1.59. The lowest BCUT2D eigenvalue weighted by molar-refractivity contribution is 0.108. The van der Waals surface area contributed by atoms with Gasteiger partial charge in [0.2, 0.25) is 0 Å². The zero-order valence-corrected chi connectivity index (χ0v) is 7.18. The van der Waals surface area contributed by atoms with Gasteiger partial charge in [0.15, 0.2) is 0 Å². The molecule has 0 atom stereocenters. The fourth-order valence-corrected chi connectivity index (χ4v) is 1.16. The van der Waals surface area contributed by atoms with Gasteiger partial charge in [-0.15, -0.1) is 0 Å². The lowest BCUT2D eigenvalue weighted by Gasteiger charge is -2.01. The lowest BCUT2D eigenvalue weighted by Crippen LogP contribution is -1.96. The highest BCUT2D eigenvalue weighted by molar-refractivity contribution is 6.68. The molecule has 0 aliphatic carbocycles. The van der Waals surface area contributed by atoms with Crippen LogP contribution >= 0.6 is 11.6 Å². The van der Waals surface area contributed by atoms with Crippen molar-refractivity contribution in [2.45, 2.75) is 6.92 Å². The molecule has 0 fully saturated rings. The number of carbonyl (C=O) groups excluding carboxylic acids is 2. The fraction of sp³-hybridized carbons (Fsp3) is 0.111. The van der Waals surface area contributed by atoms with Gasteiger partial charge in [-0.1, -0.05) is 12.1 Å². The SMILES string of the molecule is [3H]C(=O)c1cccc(C(=O)Cl)c1C. The van der Waals surface area contributed by atoms with Gasteiger partial charge in [-0.05, 0) is 30.2 Å². The summed E-state index contributed by atoms with van der Waals surface area (Å²) >= 11 is 5.27. The van der Waals surface area contributed by atoms with Crippen LogP contribution in [-0.2, 0) is 0 Å². The topological polar surface area (TPSA) is 34.1 Å². The van der Waals surface area contributed by atoms with E-state index in [9.17, 15) is 9.59 Å². The van der Waals surface area contributed by atoms with Crippen LogP contribution in [0, 0.1) is 6.92 Å². The summed E-state index contributed by atoms with van der Waals surface area (Å²) in [5, 5.41) is -0.611. The Balaban J connectivity index is 3.35. The molecule has 1 rings (SSSR count). The Morgan fingerprint density at radius 3 is 2.83 bits per heavy atom. The number of aldehydes is 1. The van der Waals surface area contributed by atoms with E-state index < -0.39 is 11.5 Å². The minimum absolute atomic E-state index is 0.214. The third kappa shape index (κ3) is 1.53. The lowest BCUT2D eigenvalue weighted by atomic mass is 10.0. The second-order valence-corrected chi connectivity index (χ2v) is 2.70. The van der Waals surface area contributed by atoms with Crippen LogP contribution in [0.15, 0.2) is 18.2 Å². The first-order valence-corrected chi connectivity index (χ1v) is 3.72. The third-order valence-electron chi connectivity index (χ3n) is 1.66. The Morgan fingerprint density at radius 1 is 1.67 bits per heavy atom. The van der Waals surface area contributed by atoms with Crippen molar-refractivity contribution in [3.63, 3.8) is 0 Å². The van der Waals surface area contributed by atoms with Gasteiger partial charge in [0, 0.05) is 11.1 Å². The first-order chi connectivity index (χ1) is 6.04. The second kappa shape index (κ2) is 3.50. The number of hydrogen-bond acceptors (Lipinski definition) is 2. The summed E-state index contributed by atoms with van der Waals surface area (Å²) in [5.41, 5.74) is 0.953. The van der Waals surface area contributed by atoms with Crippen molar-refractivity contribution in [1.82, 2.24) is 0 Å². The van der Waals surface area contributed by atoms with E-state index in [1.54, 1.807) is 6.92 Å². The highest BCUT2D eigenvalue weighted by Crippen LogP contribution is 2.13.